The van der Waals surface area contributed by atoms with Crippen molar-refractivity contribution in [3.63, 3.8) is 0 Å². The second-order valence-electron chi connectivity index (χ2n) is 6.52. The minimum absolute atomic E-state index is 0.254. The van der Waals surface area contributed by atoms with Crippen LogP contribution in [0.2, 0.25) is 0 Å². The number of carbonyl (C=O) groups is 2. The van der Waals surface area contributed by atoms with Crippen molar-refractivity contribution in [1.29, 1.82) is 0 Å². The standard InChI is InChI=1S/C15H17N3O6S/c1-10-6-8-15(9-7-10)13(19)17(14(20)16-15)25(23,24)12-4-2-11(3-5-12)18(21)22/h2-5,10H,6-9H2,1H3,(H,16,20). The van der Waals surface area contributed by atoms with Gasteiger partial charge < -0.3 is 5.32 Å². The van der Waals surface area contributed by atoms with Gasteiger partial charge in [-0.15, -0.1) is 4.31 Å². The molecule has 0 unspecified atom stereocenters. The van der Waals surface area contributed by atoms with E-state index < -0.39 is 32.4 Å². The van der Waals surface area contributed by atoms with E-state index in [0.717, 1.165) is 37.1 Å². The highest BCUT2D eigenvalue weighted by atomic mass is 32.2. The Bertz CT molecular complexity index is 841. The maximum atomic E-state index is 12.7. The number of benzene rings is 1. The van der Waals surface area contributed by atoms with Gasteiger partial charge in [-0.1, -0.05) is 6.92 Å². The number of imide groups is 1. The molecule has 9 nitrogen and oxygen atoms in total. The quantitative estimate of drug-likeness (QED) is 0.493. The third kappa shape index (κ3) is 2.76. The summed E-state index contributed by atoms with van der Waals surface area (Å²) >= 11 is 0. The highest BCUT2D eigenvalue weighted by Gasteiger charge is 2.56. The zero-order chi connectivity index (χ0) is 18.4. The maximum Gasteiger partial charge on any atom is 0.339 e. The van der Waals surface area contributed by atoms with Crippen molar-refractivity contribution in [2.24, 2.45) is 5.92 Å². The van der Waals surface area contributed by atoms with Gasteiger partial charge in [0.1, 0.15) is 5.54 Å². The van der Waals surface area contributed by atoms with Crippen molar-refractivity contribution in [2.45, 2.75) is 43.0 Å². The molecule has 0 radical (unpaired) electrons. The number of sulfonamides is 1. The predicted molar refractivity (Wildman–Crippen MR) is 86.0 cm³/mol. The Morgan fingerprint density at radius 3 is 2.28 bits per heavy atom. The fourth-order valence-electron chi connectivity index (χ4n) is 3.25. The summed E-state index contributed by atoms with van der Waals surface area (Å²) in [5, 5.41) is 13.2. The summed E-state index contributed by atoms with van der Waals surface area (Å²) < 4.78 is 25.7. The van der Waals surface area contributed by atoms with Crippen molar-refractivity contribution in [3.8, 4) is 0 Å². The molecule has 2 fully saturated rings. The molecule has 0 atom stereocenters. The predicted octanol–water partition coefficient (Wildman–Crippen LogP) is 1.78. The van der Waals surface area contributed by atoms with Crippen molar-refractivity contribution in [2.75, 3.05) is 0 Å². The molecule has 1 heterocycles. The van der Waals surface area contributed by atoms with E-state index in [0.29, 0.717) is 18.8 Å². The summed E-state index contributed by atoms with van der Waals surface area (Å²) in [7, 11) is -4.42. The molecule has 0 bridgehead atoms. The molecule has 1 aromatic carbocycles. The molecule has 1 saturated heterocycles. The van der Waals surface area contributed by atoms with Gasteiger partial charge in [0.15, 0.2) is 0 Å². The summed E-state index contributed by atoms with van der Waals surface area (Å²) in [6.45, 7) is 2.04. The van der Waals surface area contributed by atoms with Crippen LogP contribution in [0.15, 0.2) is 29.2 Å². The smallest absolute Gasteiger partial charge is 0.322 e. The molecule has 1 N–H and O–H groups in total. The van der Waals surface area contributed by atoms with Crippen LogP contribution < -0.4 is 5.32 Å². The molecule has 1 spiro atoms. The number of nitrogens with one attached hydrogen (secondary N) is 1. The highest BCUT2D eigenvalue weighted by Crippen LogP contribution is 2.38. The fraction of sp³-hybridized carbons (Fsp3) is 0.467. The van der Waals surface area contributed by atoms with Gasteiger partial charge in [-0.25, -0.2) is 13.2 Å². The number of rotatable bonds is 3. The number of amides is 3. The van der Waals surface area contributed by atoms with E-state index in [1.807, 2.05) is 6.92 Å². The Labute approximate surface area is 144 Å². The number of hydrogen-bond donors (Lipinski definition) is 1. The minimum atomic E-state index is -4.42. The van der Waals surface area contributed by atoms with E-state index in [4.69, 9.17) is 0 Å². The monoisotopic (exact) mass is 367 g/mol. The second kappa shape index (κ2) is 5.80. The molecule has 1 aliphatic heterocycles. The van der Waals surface area contributed by atoms with Crippen LogP contribution in [0.3, 0.4) is 0 Å². The third-order valence-electron chi connectivity index (χ3n) is 4.84. The maximum absolute atomic E-state index is 12.7. The van der Waals surface area contributed by atoms with E-state index in [1.54, 1.807) is 0 Å². The van der Waals surface area contributed by atoms with Gasteiger partial charge in [0.05, 0.1) is 9.82 Å². The first kappa shape index (κ1) is 17.3. The first-order valence-electron chi connectivity index (χ1n) is 7.84. The summed E-state index contributed by atoms with van der Waals surface area (Å²) in [4.78, 5) is 34.7. The van der Waals surface area contributed by atoms with Gasteiger partial charge in [-0.05, 0) is 43.7 Å². The van der Waals surface area contributed by atoms with Crippen LogP contribution in [0.5, 0.6) is 0 Å². The number of nitro benzene ring substituents is 1. The van der Waals surface area contributed by atoms with Crippen molar-refractivity contribution in [1.82, 2.24) is 9.62 Å². The van der Waals surface area contributed by atoms with Gasteiger partial charge in [-0.2, -0.15) is 0 Å². The van der Waals surface area contributed by atoms with Crippen LogP contribution >= 0.6 is 0 Å². The van der Waals surface area contributed by atoms with Gasteiger partial charge in [0.25, 0.3) is 21.6 Å². The number of hydrogen-bond acceptors (Lipinski definition) is 6. The van der Waals surface area contributed by atoms with Crippen molar-refractivity contribution < 1.29 is 22.9 Å². The van der Waals surface area contributed by atoms with Gasteiger partial charge in [-0.3, -0.25) is 14.9 Å². The molecule has 134 valence electrons. The average molecular weight is 367 g/mol. The van der Waals surface area contributed by atoms with Gasteiger partial charge >= 0.3 is 6.03 Å². The number of nitro groups is 1. The normalized spacial score (nSPS) is 26.8. The number of non-ortho nitro benzene ring substituents is 1. The Morgan fingerprint density at radius 1 is 1.20 bits per heavy atom. The zero-order valence-electron chi connectivity index (χ0n) is 13.5. The van der Waals surface area contributed by atoms with E-state index >= 15 is 0 Å². The fourth-order valence-corrected chi connectivity index (χ4v) is 4.60. The van der Waals surface area contributed by atoms with Crippen molar-refractivity contribution in [3.05, 3.63) is 34.4 Å². The first-order valence-corrected chi connectivity index (χ1v) is 9.28. The average Bonchev–Trinajstić information content (AvgIpc) is 2.81. The molecule has 1 aromatic rings. The Kier molecular flexibility index (Phi) is 4.02. The molecule has 25 heavy (non-hydrogen) atoms. The van der Waals surface area contributed by atoms with Crippen molar-refractivity contribution >= 4 is 27.6 Å². The number of carbonyl (C=O) groups excluding carboxylic acids is 2. The van der Waals surface area contributed by atoms with Crippen LogP contribution in [0, 0.1) is 16.0 Å². The van der Waals surface area contributed by atoms with E-state index in [2.05, 4.69) is 5.32 Å². The second-order valence-corrected chi connectivity index (χ2v) is 8.31. The van der Waals surface area contributed by atoms with E-state index in [1.165, 1.54) is 0 Å². The van der Waals surface area contributed by atoms with Crippen LogP contribution in [-0.4, -0.2) is 35.1 Å². The number of nitrogens with zero attached hydrogens (tertiary/aromatic N) is 2. The van der Waals surface area contributed by atoms with Crippen LogP contribution in [-0.2, 0) is 14.8 Å². The minimum Gasteiger partial charge on any atom is -0.322 e. The summed E-state index contributed by atoms with van der Waals surface area (Å²) in [6.07, 6.45) is 2.23. The Hall–Kier alpha value is -2.49. The lowest BCUT2D eigenvalue weighted by Crippen LogP contribution is -2.49. The Morgan fingerprint density at radius 2 is 1.76 bits per heavy atom. The molecular weight excluding hydrogens is 350 g/mol. The van der Waals surface area contributed by atoms with Crippen LogP contribution in [0.25, 0.3) is 0 Å². The van der Waals surface area contributed by atoms with Gasteiger partial charge in [0.2, 0.25) is 0 Å². The largest absolute Gasteiger partial charge is 0.339 e. The third-order valence-corrected chi connectivity index (χ3v) is 6.52. The Balaban J connectivity index is 1.93. The summed E-state index contributed by atoms with van der Waals surface area (Å²) in [5.74, 6) is -0.363. The lowest BCUT2D eigenvalue weighted by Gasteiger charge is -2.33. The molecular formula is C15H17N3O6S. The molecule has 10 heteroatoms. The van der Waals surface area contributed by atoms with Crippen LogP contribution in [0.1, 0.15) is 32.6 Å². The lowest BCUT2D eigenvalue weighted by molar-refractivity contribution is -0.384. The summed E-state index contributed by atoms with van der Waals surface area (Å²) in [6, 6.07) is 3.09. The van der Waals surface area contributed by atoms with Crippen LogP contribution in [0.4, 0.5) is 10.5 Å². The highest BCUT2D eigenvalue weighted by molar-refractivity contribution is 7.90. The molecule has 1 saturated carbocycles. The van der Waals surface area contributed by atoms with E-state index in [9.17, 15) is 28.1 Å². The molecule has 1 aliphatic carbocycles. The van der Waals surface area contributed by atoms with E-state index in [-0.39, 0.29) is 14.9 Å². The molecule has 2 aliphatic rings. The SMILES string of the molecule is CC1CCC2(CC1)NC(=O)N(S(=O)(=O)c1ccc([N+](=O)[O-])cc1)C2=O. The lowest BCUT2D eigenvalue weighted by atomic mass is 9.77. The first-order chi connectivity index (χ1) is 11.7. The number of urea groups is 1. The molecule has 0 aromatic heterocycles. The molecule has 3 rings (SSSR count). The summed E-state index contributed by atoms with van der Waals surface area (Å²) in [5.41, 5.74) is -1.45. The van der Waals surface area contributed by atoms with Gasteiger partial charge in [0, 0.05) is 12.1 Å². The molecule has 3 amide bonds. The zero-order valence-corrected chi connectivity index (χ0v) is 14.3. The topological polar surface area (TPSA) is 127 Å².